The molecule has 7 heteroatoms. The highest BCUT2D eigenvalue weighted by Crippen LogP contribution is 2.18. The van der Waals surface area contributed by atoms with E-state index in [0.29, 0.717) is 29.3 Å². The highest BCUT2D eigenvalue weighted by Gasteiger charge is 2.17. The molecule has 0 aliphatic rings. The lowest BCUT2D eigenvalue weighted by Crippen LogP contribution is -2.34. The predicted octanol–water partition coefficient (Wildman–Crippen LogP) is 5.22. The Kier molecular flexibility index (Phi) is 8.22. The van der Waals surface area contributed by atoms with Crippen LogP contribution >= 0.6 is 11.6 Å². The first-order valence-electron chi connectivity index (χ1n) is 10.1. The first-order chi connectivity index (χ1) is 15.4. The lowest BCUT2D eigenvalue weighted by molar-refractivity contribution is -0.137. The van der Waals surface area contributed by atoms with Gasteiger partial charge in [-0.2, -0.15) is 0 Å². The monoisotopic (exact) mass is 455 g/mol. The van der Waals surface area contributed by atoms with E-state index in [1.807, 2.05) is 18.2 Å². The van der Waals surface area contributed by atoms with Crippen LogP contribution in [0, 0.1) is 5.82 Å². The molecule has 0 atom stereocenters. The second kappa shape index (κ2) is 11.3. The molecule has 166 valence electrons. The van der Waals surface area contributed by atoms with Crippen molar-refractivity contribution in [2.45, 2.75) is 19.4 Å². The molecule has 1 amide bonds. The zero-order chi connectivity index (χ0) is 22.9. The Bertz CT molecular complexity index is 1070. The molecule has 3 aromatic rings. The Morgan fingerprint density at radius 1 is 0.938 bits per heavy atom. The minimum Gasteiger partial charge on any atom is -0.489 e. The molecular weight excluding hydrogens is 433 g/mol. The molecule has 0 heterocycles. The molecule has 3 rings (SSSR count). The van der Waals surface area contributed by atoms with Crippen LogP contribution in [-0.4, -0.2) is 35.0 Å². The van der Waals surface area contributed by atoms with Gasteiger partial charge >= 0.3 is 5.97 Å². The molecule has 0 aromatic heterocycles. The summed E-state index contributed by atoms with van der Waals surface area (Å²) in [5.74, 6) is -1.07. The van der Waals surface area contributed by atoms with Gasteiger partial charge in [0, 0.05) is 23.7 Å². The minimum absolute atomic E-state index is 0.0927. The topological polar surface area (TPSA) is 66.8 Å². The van der Waals surface area contributed by atoms with Crippen LogP contribution in [0.5, 0.6) is 5.75 Å². The molecule has 0 aliphatic carbocycles. The second-order valence-corrected chi connectivity index (χ2v) is 7.70. The van der Waals surface area contributed by atoms with E-state index in [-0.39, 0.29) is 31.3 Å². The third-order valence-corrected chi connectivity index (χ3v) is 5.08. The van der Waals surface area contributed by atoms with Crippen molar-refractivity contribution in [2.75, 3.05) is 13.1 Å². The molecule has 5 nitrogen and oxygen atoms in total. The number of hydrogen-bond donors (Lipinski definition) is 1. The van der Waals surface area contributed by atoms with E-state index in [0.717, 1.165) is 11.1 Å². The van der Waals surface area contributed by atoms with E-state index >= 15 is 0 Å². The van der Waals surface area contributed by atoms with Crippen LogP contribution in [-0.2, 0) is 17.8 Å². The van der Waals surface area contributed by atoms with Crippen molar-refractivity contribution >= 4 is 23.5 Å². The summed E-state index contributed by atoms with van der Waals surface area (Å²) >= 11 is 6.03. The molecule has 0 saturated carbocycles. The molecule has 0 radical (unpaired) electrons. The fourth-order valence-electron chi connectivity index (χ4n) is 3.15. The number of amides is 1. The quantitative estimate of drug-likeness (QED) is 0.455. The molecule has 1 N–H and O–H groups in total. The number of ether oxygens (including phenoxy) is 1. The van der Waals surface area contributed by atoms with Crippen molar-refractivity contribution in [1.29, 1.82) is 0 Å². The van der Waals surface area contributed by atoms with Crippen LogP contribution in [0.25, 0.3) is 0 Å². The van der Waals surface area contributed by atoms with Crippen molar-refractivity contribution < 1.29 is 23.8 Å². The number of benzene rings is 3. The van der Waals surface area contributed by atoms with E-state index in [2.05, 4.69) is 0 Å². The van der Waals surface area contributed by atoms with E-state index in [1.165, 1.54) is 17.0 Å². The number of carboxylic acids is 1. The van der Waals surface area contributed by atoms with Crippen molar-refractivity contribution in [1.82, 2.24) is 4.90 Å². The van der Waals surface area contributed by atoms with Gasteiger partial charge < -0.3 is 14.7 Å². The van der Waals surface area contributed by atoms with E-state index < -0.39 is 5.97 Å². The molecule has 3 aromatic carbocycles. The van der Waals surface area contributed by atoms with Crippen LogP contribution in [0.2, 0.25) is 5.02 Å². The van der Waals surface area contributed by atoms with Crippen LogP contribution in [0.15, 0.2) is 72.8 Å². The average Bonchev–Trinajstić information content (AvgIpc) is 2.78. The normalized spacial score (nSPS) is 10.6. The predicted molar refractivity (Wildman–Crippen MR) is 120 cm³/mol. The van der Waals surface area contributed by atoms with Gasteiger partial charge in [-0.25, -0.2) is 4.39 Å². The highest BCUT2D eigenvalue weighted by molar-refractivity contribution is 6.30. The van der Waals surface area contributed by atoms with Gasteiger partial charge in [0.05, 0.1) is 6.42 Å². The second-order valence-electron chi connectivity index (χ2n) is 7.26. The van der Waals surface area contributed by atoms with Crippen molar-refractivity contribution in [3.8, 4) is 5.75 Å². The number of halogens is 2. The summed E-state index contributed by atoms with van der Waals surface area (Å²) < 4.78 is 18.8. The number of carbonyl (C=O) groups is 2. The van der Waals surface area contributed by atoms with Gasteiger partial charge in [0.1, 0.15) is 18.2 Å². The summed E-state index contributed by atoms with van der Waals surface area (Å²) in [7, 11) is 0. The lowest BCUT2D eigenvalue weighted by atomic mass is 10.1. The molecule has 0 unspecified atom stereocenters. The maximum Gasteiger partial charge on any atom is 0.305 e. The number of hydrogen-bond acceptors (Lipinski definition) is 3. The third-order valence-electron chi connectivity index (χ3n) is 4.84. The van der Waals surface area contributed by atoms with Crippen molar-refractivity contribution in [3.05, 3.63) is 100 Å². The molecular formula is C25H23ClFNO4. The molecule has 32 heavy (non-hydrogen) atoms. The Morgan fingerprint density at radius 2 is 1.69 bits per heavy atom. The average molecular weight is 456 g/mol. The summed E-state index contributed by atoms with van der Waals surface area (Å²) in [5, 5.41) is 9.69. The smallest absolute Gasteiger partial charge is 0.305 e. The van der Waals surface area contributed by atoms with E-state index in [1.54, 1.807) is 42.5 Å². The Balaban J connectivity index is 1.69. The number of aliphatic carboxylic acids is 1. The van der Waals surface area contributed by atoms with Crippen LogP contribution in [0.1, 0.15) is 27.9 Å². The summed E-state index contributed by atoms with van der Waals surface area (Å²) in [6.07, 6.45) is 0.398. The zero-order valence-corrected chi connectivity index (χ0v) is 18.1. The largest absolute Gasteiger partial charge is 0.489 e. The van der Waals surface area contributed by atoms with Crippen LogP contribution < -0.4 is 4.74 Å². The summed E-state index contributed by atoms with van der Waals surface area (Å²) in [6, 6.07) is 20.1. The van der Waals surface area contributed by atoms with E-state index in [9.17, 15) is 14.0 Å². The lowest BCUT2D eigenvalue weighted by Gasteiger charge is -2.22. The Hall–Kier alpha value is -3.38. The molecule has 0 spiro atoms. The molecule has 0 saturated heterocycles. The minimum atomic E-state index is -0.970. The maximum atomic E-state index is 13.1. The Labute approximate surface area is 191 Å². The number of carboxylic acid groups (broad SMARTS) is 1. The SMILES string of the molecule is O=C(O)CCN(CCc1cccc(Cl)c1)C(=O)c1cccc(OCc2ccc(F)cc2)c1. The number of carbonyl (C=O) groups excluding carboxylic acids is 1. The zero-order valence-electron chi connectivity index (χ0n) is 17.3. The molecule has 0 bridgehead atoms. The first-order valence-corrected chi connectivity index (χ1v) is 10.5. The van der Waals surface area contributed by atoms with Gasteiger partial charge in [-0.05, 0) is 60.0 Å². The summed E-state index contributed by atoms with van der Waals surface area (Å²) in [6.45, 7) is 0.679. The molecule has 0 aliphatic heterocycles. The van der Waals surface area contributed by atoms with Gasteiger partial charge in [-0.3, -0.25) is 9.59 Å². The third kappa shape index (κ3) is 7.10. The van der Waals surface area contributed by atoms with Crippen molar-refractivity contribution in [2.24, 2.45) is 0 Å². The van der Waals surface area contributed by atoms with Gasteiger partial charge in [-0.1, -0.05) is 41.9 Å². The summed E-state index contributed by atoms with van der Waals surface area (Å²) in [5.41, 5.74) is 2.16. The van der Waals surface area contributed by atoms with Crippen LogP contribution in [0.4, 0.5) is 4.39 Å². The Morgan fingerprint density at radius 3 is 2.41 bits per heavy atom. The van der Waals surface area contributed by atoms with Crippen molar-refractivity contribution in [3.63, 3.8) is 0 Å². The first kappa shape index (κ1) is 23.3. The van der Waals surface area contributed by atoms with Gasteiger partial charge in [0.25, 0.3) is 5.91 Å². The fourth-order valence-corrected chi connectivity index (χ4v) is 3.36. The fraction of sp³-hybridized carbons (Fsp3) is 0.200. The van der Waals surface area contributed by atoms with E-state index in [4.69, 9.17) is 21.4 Å². The highest BCUT2D eigenvalue weighted by atomic mass is 35.5. The van der Waals surface area contributed by atoms with Gasteiger partial charge in [-0.15, -0.1) is 0 Å². The van der Waals surface area contributed by atoms with Gasteiger partial charge in [0.2, 0.25) is 0 Å². The van der Waals surface area contributed by atoms with Gasteiger partial charge in [0.15, 0.2) is 0 Å². The summed E-state index contributed by atoms with van der Waals surface area (Å²) in [4.78, 5) is 25.7. The molecule has 0 fully saturated rings. The standard InChI is InChI=1S/C25H23ClFNO4/c26-21-5-1-3-18(15-21)11-13-28(14-12-24(29)30)25(31)20-4-2-6-23(16-20)32-17-19-7-9-22(27)10-8-19/h1-10,15-16H,11-14,17H2,(H,29,30). The number of nitrogens with zero attached hydrogens (tertiary/aromatic N) is 1. The number of rotatable bonds is 10. The van der Waals surface area contributed by atoms with Crippen LogP contribution in [0.3, 0.4) is 0 Å². The maximum absolute atomic E-state index is 13.1.